The average Bonchev–Trinajstić information content (AvgIpc) is 3.55. The van der Waals surface area contributed by atoms with Crippen LogP contribution in [0.3, 0.4) is 0 Å². The van der Waals surface area contributed by atoms with Gasteiger partial charge in [-0.2, -0.15) is 4.98 Å². The lowest BCUT2D eigenvalue weighted by atomic mass is 10.00. The molecule has 0 aliphatic carbocycles. The van der Waals surface area contributed by atoms with Crippen molar-refractivity contribution < 1.29 is 14.4 Å². The van der Waals surface area contributed by atoms with Crippen LogP contribution in [0.2, 0.25) is 0 Å². The molecule has 5 aromatic rings. The molecule has 1 atom stereocenters. The van der Waals surface area contributed by atoms with Crippen LogP contribution >= 0.6 is 0 Å². The lowest BCUT2D eigenvalue weighted by Gasteiger charge is -2.27. The highest BCUT2D eigenvalue weighted by Crippen LogP contribution is 2.37. The molecule has 1 aliphatic rings. The molecule has 1 aliphatic heterocycles. The van der Waals surface area contributed by atoms with E-state index in [-0.39, 0.29) is 18.4 Å². The minimum atomic E-state index is -0.540. The quantitative estimate of drug-likeness (QED) is 0.247. The summed E-state index contributed by atoms with van der Waals surface area (Å²) >= 11 is 0. The van der Waals surface area contributed by atoms with E-state index in [0.717, 1.165) is 5.56 Å². The van der Waals surface area contributed by atoms with Gasteiger partial charge < -0.3 is 25.2 Å². The molecule has 5 heterocycles. The van der Waals surface area contributed by atoms with E-state index in [0.29, 0.717) is 45.7 Å². The van der Waals surface area contributed by atoms with Gasteiger partial charge in [0.25, 0.3) is 11.8 Å². The van der Waals surface area contributed by atoms with Crippen molar-refractivity contribution in [2.75, 3.05) is 24.3 Å². The summed E-state index contributed by atoms with van der Waals surface area (Å²) in [7, 11) is 1.77. The smallest absolute Gasteiger partial charge is 0.261 e. The van der Waals surface area contributed by atoms with E-state index in [1.165, 1.54) is 0 Å². The van der Waals surface area contributed by atoms with Gasteiger partial charge in [0.15, 0.2) is 0 Å². The number of benzene rings is 1. The average molecular weight is 549 g/mol. The fourth-order valence-electron chi connectivity index (χ4n) is 4.75. The standard InChI is InChI=1S/C30H28N8O3/c1-30(2)26-19(29(40)38(30)3)12-13-24(35-26)34-25-15-22(33-23(17-39)18-9-5-4-6-10-18)20(16-32-25)28-36-27(37-41-28)21-11-7-8-14-31-21/h4-16,23,39H,17H2,1-3H3,(H2,32,33,34,35)/t23-/m1/s1. The predicted molar refractivity (Wildman–Crippen MR) is 153 cm³/mol. The summed E-state index contributed by atoms with van der Waals surface area (Å²) in [5, 5.41) is 21.0. The Morgan fingerprint density at radius 1 is 0.976 bits per heavy atom. The minimum Gasteiger partial charge on any atom is -0.394 e. The van der Waals surface area contributed by atoms with Gasteiger partial charge in [0.05, 0.1) is 40.7 Å². The SMILES string of the molecule is CN1C(=O)c2ccc(Nc3cc(N[C@H](CO)c4ccccc4)c(-c4nc(-c5ccccn5)no4)cn3)nc2C1(C)C. The van der Waals surface area contributed by atoms with E-state index >= 15 is 0 Å². The minimum absolute atomic E-state index is 0.0569. The molecule has 0 unspecified atom stereocenters. The van der Waals surface area contributed by atoms with Crippen molar-refractivity contribution in [2.45, 2.75) is 25.4 Å². The Hall–Kier alpha value is -5.16. The first-order valence-corrected chi connectivity index (χ1v) is 13.1. The third kappa shape index (κ3) is 4.87. The van der Waals surface area contributed by atoms with Crippen LogP contribution in [0.25, 0.3) is 23.0 Å². The molecule has 1 amide bonds. The van der Waals surface area contributed by atoms with Crippen LogP contribution < -0.4 is 10.6 Å². The van der Waals surface area contributed by atoms with Gasteiger partial charge in [0.1, 0.15) is 17.3 Å². The van der Waals surface area contributed by atoms with Gasteiger partial charge in [-0.05, 0) is 43.7 Å². The van der Waals surface area contributed by atoms with Crippen molar-refractivity contribution in [3.63, 3.8) is 0 Å². The zero-order valence-electron chi connectivity index (χ0n) is 22.7. The van der Waals surface area contributed by atoms with E-state index in [4.69, 9.17) is 9.51 Å². The third-order valence-corrected chi connectivity index (χ3v) is 7.27. The van der Waals surface area contributed by atoms with Gasteiger partial charge in [0.2, 0.25) is 5.82 Å². The molecule has 0 saturated carbocycles. The highest BCUT2D eigenvalue weighted by molar-refractivity contribution is 5.99. The number of hydrogen-bond acceptors (Lipinski definition) is 10. The Labute approximate surface area is 236 Å². The maximum absolute atomic E-state index is 12.6. The fraction of sp³-hybridized carbons (Fsp3) is 0.200. The third-order valence-electron chi connectivity index (χ3n) is 7.27. The molecule has 0 fully saturated rings. The lowest BCUT2D eigenvalue weighted by Crippen LogP contribution is -2.35. The van der Waals surface area contributed by atoms with Gasteiger partial charge in [-0.3, -0.25) is 9.78 Å². The number of nitrogens with zero attached hydrogens (tertiary/aromatic N) is 6. The van der Waals surface area contributed by atoms with Crippen LogP contribution in [-0.2, 0) is 5.54 Å². The summed E-state index contributed by atoms with van der Waals surface area (Å²) in [6, 6.07) is 20.0. The second-order valence-electron chi connectivity index (χ2n) is 10.2. The molecule has 0 radical (unpaired) electrons. The maximum Gasteiger partial charge on any atom is 0.261 e. The number of rotatable bonds is 8. The highest BCUT2D eigenvalue weighted by Gasteiger charge is 2.42. The summed E-state index contributed by atoms with van der Waals surface area (Å²) in [4.78, 5) is 32.5. The lowest BCUT2D eigenvalue weighted by molar-refractivity contribution is 0.0688. The molecule has 6 rings (SSSR count). The number of carbonyl (C=O) groups is 1. The molecule has 0 bridgehead atoms. The number of anilines is 3. The molecule has 4 aromatic heterocycles. The predicted octanol–water partition coefficient (Wildman–Crippen LogP) is 4.80. The van der Waals surface area contributed by atoms with Crippen LogP contribution in [-0.4, -0.2) is 54.7 Å². The molecule has 1 aromatic carbocycles. The largest absolute Gasteiger partial charge is 0.394 e. The van der Waals surface area contributed by atoms with Gasteiger partial charge in [0, 0.05) is 25.5 Å². The topological polar surface area (TPSA) is 142 Å². The van der Waals surface area contributed by atoms with Gasteiger partial charge in [-0.25, -0.2) is 9.97 Å². The summed E-state index contributed by atoms with van der Waals surface area (Å²) in [5.41, 5.74) is 3.39. The Morgan fingerprint density at radius 3 is 2.54 bits per heavy atom. The van der Waals surface area contributed by atoms with Crippen LogP contribution in [0.15, 0.2) is 83.6 Å². The number of amides is 1. The number of nitrogens with one attached hydrogen (secondary N) is 2. The van der Waals surface area contributed by atoms with Gasteiger partial charge >= 0.3 is 0 Å². The van der Waals surface area contributed by atoms with Crippen molar-refractivity contribution in [1.82, 2.24) is 30.0 Å². The number of hydrogen-bond donors (Lipinski definition) is 3. The number of fused-ring (bicyclic) bond motifs is 1. The molecule has 11 heteroatoms. The zero-order valence-corrected chi connectivity index (χ0v) is 22.7. The Morgan fingerprint density at radius 2 is 1.78 bits per heavy atom. The van der Waals surface area contributed by atoms with E-state index in [9.17, 15) is 9.90 Å². The summed E-state index contributed by atoms with van der Waals surface area (Å²) in [5.74, 6) is 1.58. The Bertz CT molecular complexity index is 1710. The molecule has 41 heavy (non-hydrogen) atoms. The van der Waals surface area contributed by atoms with E-state index < -0.39 is 11.6 Å². The molecule has 206 valence electrons. The van der Waals surface area contributed by atoms with Crippen LogP contribution in [0.1, 0.15) is 41.5 Å². The highest BCUT2D eigenvalue weighted by atomic mass is 16.5. The summed E-state index contributed by atoms with van der Waals surface area (Å²) in [6.07, 6.45) is 3.28. The molecule has 3 N–H and O–H groups in total. The number of aliphatic hydroxyl groups is 1. The summed E-state index contributed by atoms with van der Waals surface area (Å²) in [6.45, 7) is 3.77. The fourth-order valence-corrected chi connectivity index (χ4v) is 4.75. The number of carbonyl (C=O) groups excluding carboxylic acids is 1. The van der Waals surface area contributed by atoms with Gasteiger partial charge in [-0.1, -0.05) is 41.6 Å². The zero-order chi connectivity index (χ0) is 28.6. The number of aliphatic hydroxyl groups excluding tert-OH is 1. The molecule has 11 nitrogen and oxygen atoms in total. The van der Waals surface area contributed by atoms with Crippen molar-refractivity contribution in [1.29, 1.82) is 0 Å². The monoisotopic (exact) mass is 548 g/mol. The second kappa shape index (κ2) is 10.4. The Balaban J connectivity index is 1.36. The first kappa shape index (κ1) is 26.1. The van der Waals surface area contributed by atoms with Gasteiger partial charge in [-0.15, -0.1) is 0 Å². The van der Waals surface area contributed by atoms with Crippen molar-refractivity contribution in [3.05, 3.63) is 95.9 Å². The van der Waals surface area contributed by atoms with Crippen molar-refractivity contribution in [3.8, 4) is 23.0 Å². The van der Waals surface area contributed by atoms with E-state index in [2.05, 4.69) is 30.7 Å². The molecular weight excluding hydrogens is 520 g/mol. The second-order valence-corrected chi connectivity index (χ2v) is 10.2. The Kier molecular flexibility index (Phi) is 6.64. The van der Waals surface area contributed by atoms with Crippen LogP contribution in [0.5, 0.6) is 0 Å². The molecule has 0 spiro atoms. The summed E-state index contributed by atoms with van der Waals surface area (Å²) < 4.78 is 5.61. The number of pyridine rings is 3. The molecular formula is C30H28N8O3. The van der Waals surface area contributed by atoms with Crippen molar-refractivity contribution in [2.24, 2.45) is 0 Å². The van der Waals surface area contributed by atoms with E-state index in [1.807, 2.05) is 56.3 Å². The first-order valence-electron chi connectivity index (χ1n) is 13.1. The van der Waals surface area contributed by atoms with Crippen LogP contribution in [0, 0.1) is 0 Å². The molecule has 0 saturated heterocycles. The van der Waals surface area contributed by atoms with Crippen molar-refractivity contribution >= 4 is 23.2 Å². The first-order chi connectivity index (χ1) is 19.8. The van der Waals surface area contributed by atoms with E-state index in [1.54, 1.807) is 48.6 Å². The number of aromatic nitrogens is 5. The van der Waals surface area contributed by atoms with Crippen LogP contribution in [0.4, 0.5) is 17.3 Å². The maximum atomic E-state index is 12.6. The normalized spacial score (nSPS) is 14.5.